The van der Waals surface area contributed by atoms with E-state index < -0.39 is 18.3 Å². The Morgan fingerprint density at radius 2 is 2.00 bits per heavy atom. The van der Waals surface area contributed by atoms with Crippen LogP contribution in [0.3, 0.4) is 0 Å². The third-order valence-corrected chi connectivity index (χ3v) is 8.23. The molecule has 1 saturated carbocycles. The quantitative estimate of drug-likeness (QED) is 0.378. The van der Waals surface area contributed by atoms with Crippen molar-refractivity contribution < 1.29 is 28.8 Å². The number of methoxy groups -OCH3 is 1. The Labute approximate surface area is 228 Å². The highest BCUT2D eigenvalue weighted by atomic mass is 16.6. The van der Waals surface area contributed by atoms with Crippen molar-refractivity contribution in [2.75, 3.05) is 13.7 Å². The minimum Gasteiger partial charge on any atom is -0.456 e. The number of hydrogen-bond acceptors (Lipinski definition) is 6. The number of carbonyl (C=O) groups is 1. The summed E-state index contributed by atoms with van der Waals surface area (Å²) in [5, 5.41) is 11.0. The maximum absolute atomic E-state index is 12.9. The molecule has 4 aliphatic rings. The summed E-state index contributed by atoms with van der Waals surface area (Å²) in [5.41, 5.74) is 2.40. The summed E-state index contributed by atoms with van der Waals surface area (Å²) in [6.07, 6.45) is 19.0. The van der Waals surface area contributed by atoms with Gasteiger partial charge in [-0.1, -0.05) is 61.1 Å². The molecule has 0 amide bonds. The van der Waals surface area contributed by atoms with Crippen molar-refractivity contribution in [2.24, 2.45) is 17.8 Å². The lowest BCUT2D eigenvalue weighted by molar-refractivity contribution is -0.149. The number of aliphatic hydroxyl groups is 1. The molecule has 1 N–H and O–H groups in total. The number of rotatable bonds is 4. The topological polar surface area (TPSA) is 74.2 Å². The SMILES string of the molecule is C=C1C[C@H](C)C[C@@H]2CC=C[C@@H](C/C=C\C(=O)O[C@H]([C@H](/C=C/[C@@H]3CC(C)=CCO3)OC)C[C@H]3CC3[C@@H](O)C1)O2. The van der Waals surface area contributed by atoms with Gasteiger partial charge in [-0.15, -0.1) is 0 Å². The van der Waals surface area contributed by atoms with Crippen LogP contribution in [0, 0.1) is 17.8 Å². The van der Waals surface area contributed by atoms with E-state index in [4.69, 9.17) is 18.9 Å². The number of fused-ring (bicyclic) bond motifs is 3. The summed E-state index contributed by atoms with van der Waals surface area (Å²) in [6, 6.07) is 0. The number of ether oxygens (including phenoxy) is 4. The molecule has 2 bridgehead atoms. The number of aliphatic hydroxyl groups excluding tert-OH is 1. The van der Waals surface area contributed by atoms with Crippen molar-refractivity contribution in [3.05, 3.63) is 60.3 Å². The van der Waals surface area contributed by atoms with Crippen molar-refractivity contribution >= 4 is 5.97 Å². The molecule has 38 heavy (non-hydrogen) atoms. The summed E-state index contributed by atoms with van der Waals surface area (Å²) in [5.74, 6) is 0.546. The van der Waals surface area contributed by atoms with E-state index in [1.807, 2.05) is 18.2 Å². The minimum absolute atomic E-state index is 0.0104. The Morgan fingerprint density at radius 3 is 2.79 bits per heavy atom. The van der Waals surface area contributed by atoms with Gasteiger partial charge in [0.2, 0.25) is 0 Å². The largest absolute Gasteiger partial charge is 0.456 e. The normalized spacial score (nSPS) is 38.9. The number of esters is 1. The molecule has 0 aromatic carbocycles. The van der Waals surface area contributed by atoms with Gasteiger partial charge in [0.05, 0.1) is 31.0 Å². The lowest BCUT2D eigenvalue weighted by Gasteiger charge is -2.28. The van der Waals surface area contributed by atoms with Crippen LogP contribution in [-0.2, 0) is 23.7 Å². The summed E-state index contributed by atoms with van der Waals surface area (Å²) in [7, 11) is 1.64. The molecule has 3 aliphatic heterocycles. The molecule has 210 valence electrons. The van der Waals surface area contributed by atoms with Gasteiger partial charge in [0.1, 0.15) is 12.2 Å². The molecule has 6 nitrogen and oxygen atoms in total. The molecule has 9 atom stereocenters. The predicted octanol–water partition coefficient (Wildman–Crippen LogP) is 5.63. The first-order chi connectivity index (χ1) is 18.3. The van der Waals surface area contributed by atoms with E-state index in [1.165, 1.54) is 11.6 Å². The molecule has 0 spiro atoms. The first-order valence-corrected chi connectivity index (χ1v) is 14.3. The molecule has 0 aromatic rings. The lowest BCUT2D eigenvalue weighted by Crippen LogP contribution is -2.32. The van der Waals surface area contributed by atoms with Crippen LogP contribution in [0.25, 0.3) is 0 Å². The van der Waals surface area contributed by atoms with Crippen molar-refractivity contribution in [2.45, 2.75) is 102 Å². The molecule has 0 aromatic heterocycles. The highest BCUT2D eigenvalue weighted by molar-refractivity contribution is 5.82. The van der Waals surface area contributed by atoms with Gasteiger partial charge in [-0.2, -0.15) is 0 Å². The molecule has 3 heterocycles. The molecule has 6 heteroatoms. The Balaban J connectivity index is 1.47. The van der Waals surface area contributed by atoms with Gasteiger partial charge in [0.25, 0.3) is 0 Å². The third-order valence-electron chi connectivity index (χ3n) is 8.23. The van der Waals surface area contributed by atoms with E-state index in [2.05, 4.69) is 38.7 Å². The molecular formula is C32H46O6. The van der Waals surface area contributed by atoms with Gasteiger partial charge in [-0.05, 0) is 76.0 Å². The van der Waals surface area contributed by atoms with Crippen molar-refractivity contribution in [3.8, 4) is 0 Å². The molecule has 4 rings (SSSR count). The van der Waals surface area contributed by atoms with Crippen LogP contribution in [0.1, 0.15) is 65.2 Å². The van der Waals surface area contributed by atoms with E-state index in [-0.39, 0.29) is 36.1 Å². The second kappa shape index (κ2) is 13.9. The number of hydrogen-bond donors (Lipinski definition) is 1. The van der Waals surface area contributed by atoms with Gasteiger partial charge in [0.15, 0.2) is 0 Å². The smallest absolute Gasteiger partial charge is 0.330 e. The third kappa shape index (κ3) is 8.77. The molecule has 1 unspecified atom stereocenters. The van der Waals surface area contributed by atoms with Gasteiger partial charge >= 0.3 is 5.97 Å². The van der Waals surface area contributed by atoms with Crippen molar-refractivity contribution in [1.29, 1.82) is 0 Å². The summed E-state index contributed by atoms with van der Waals surface area (Å²) in [4.78, 5) is 12.9. The lowest BCUT2D eigenvalue weighted by atomic mass is 9.90. The van der Waals surface area contributed by atoms with Crippen LogP contribution in [0.15, 0.2) is 60.3 Å². The van der Waals surface area contributed by atoms with E-state index in [1.54, 1.807) is 7.11 Å². The second-order valence-electron chi connectivity index (χ2n) is 11.7. The van der Waals surface area contributed by atoms with Crippen LogP contribution in [0.5, 0.6) is 0 Å². The maximum Gasteiger partial charge on any atom is 0.330 e. The maximum atomic E-state index is 12.9. The fraction of sp³-hybridized carbons (Fsp3) is 0.656. The van der Waals surface area contributed by atoms with Gasteiger partial charge in [-0.25, -0.2) is 4.79 Å². The molecule has 0 radical (unpaired) electrons. The van der Waals surface area contributed by atoms with Crippen LogP contribution in [0.4, 0.5) is 0 Å². The average Bonchev–Trinajstić information content (AvgIpc) is 3.63. The Hall–Kier alpha value is -1.99. The van der Waals surface area contributed by atoms with Crippen LogP contribution >= 0.6 is 0 Å². The second-order valence-corrected chi connectivity index (χ2v) is 11.7. The van der Waals surface area contributed by atoms with Crippen molar-refractivity contribution in [1.82, 2.24) is 0 Å². The molecule has 1 aliphatic carbocycles. The zero-order valence-corrected chi connectivity index (χ0v) is 23.3. The first kappa shape index (κ1) is 29.0. The zero-order valence-electron chi connectivity index (χ0n) is 23.3. The average molecular weight is 527 g/mol. The minimum atomic E-state index is -0.451. The Kier molecular flexibility index (Phi) is 10.6. The highest BCUT2D eigenvalue weighted by Gasteiger charge is 2.45. The Bertz CT molecular complexity index is 932. The number of carbonyl (C=O) groups excluding carboxylic acids is 1. The monoisotopic (exact) mass is 526 g/mol. The van der Waals surface area contributed by atoms with E-state index in [0.29, 0.717) is 31.8 Å². The number of cyclic esters (lactones) is 1. The van der Waals surface area contributed by atoms with E-state index in [0.717, 1.165) is 37.7 Å². The fourth-order valence-corrected chi connectivity index (χ4v) is 6.10. The van der Waals surface area contributed by atoms with Gasteiger partial charge in [0, 0.05) is 13.2 Å². The van der Waals surface area contributed by atoms with E-state index >= 15 is 0 Å². The predicted molar refractivity (Wildman–Crippen MR) is 148 cm³/mol. The Morgan fingerprint density at radius 1 is 1.16 bits per heavy atom. The van der Waals surface area contributed by atoms with Crippen LogP contribution in [0.2, 0.25) is 0 Å². The van der Waals surface area contributed by atoms with Crippen LogP contribution < -0.4 is 0 Å². The standard InChI is InChI=1S/C32H46O6/c1-21-13-14-36-26(16-21)11-12-30(35-4)31-20-24-19-28(24)29(33)18-23(3)15-22(2)17-27-9-5-7-25(37-27)8-6-10-32(34)38-31/h5-7,10-13,22,24-31,33H,3,8-9,14-20H2,1-2,4H3/b10-6-,12-11+/t22-,24+,25-,26+,27-,28?,29-,30-,31-/m0/s1. The van der Waals surface area contributed by atoms with E-state index in [9.17, 15) is 9.90 Å². The summed E-state index contributed by atoms with van der Waals surface area (Å²) >= 11 is 0. The molecule has 1 fully saturated rings. The first-order valence-electron chi connectivity index (χ1n) is 14.3. The van der Waals surface area contributed by atoms with Crippen molar-refractivity contribution in [3.63, 3.8) is 0 Å². The summed E-state index contributed by atoms with van der Waals surface area (Å²) in [6.45, 7) is 9.23. The molecular weight excluding hydrogens is 480 g/mol. The van der Waals surface area contributed by atoms with Gasteiger partial charge < -0.3 is 24.1 Å². The van der Waals surface area contributed by atoms with Crippen LogP contribution in [-0.4, -0.2) is 61.4 Å². The van der Waals surface area contributed by atoms with Gasteiger partial charge in [-0.3, -0.25) is 0 Å². The fourth-order valence-electron chi connectivity index (χ4n) is 6.10. The molecule has 0 saturated heterocycles. The zero-order chi connectivity index (χ0) is 27.1. The summed E-state index contributed by atoms with van der Waals surface area (Å²) < 4.78 is 23.9. The highest BCUT2D eigenvalue weighted by Crippen LogP contribution is 2.47.